The van der Waals surface area contributed by atoms with Gasteiger partial charge in [-0.1, -0.05) is 20.8 Å². The number of hydrogen-bond donors (Lipinski definition) is 3. The number of aliphatic hydroxyl groups excluding tert-OH is 1. The minimum atomic E-state index is -1.99. The van der Waals surface area contributed by atoms with Crippen molar-refractivity contribution in [2.75, 3.05) is 32.7 Å². The average Bonchev–Trinajstić information content (AvgIpc) is 2.71. The summed E-state index contributed by atoms with van der Waals surface area (Å²) in [5.41, 5.74) is 0.226. The summed E-state index contributed by atoms with van der Waals surface area (Å²) in [6.45, 7) is 11.1. The number of hydrogen-bond acceptors (Lipinski definition) is 6. The summed E-state index contributed by atoms with van der Waals surface area (Å²) in [6, 6.07) is 2.44. The number of piperidine rings is 1. The molecule has 1 aromatic rings. The van der Waals surface area contributed by atoms with Crippen LogP contribution in [0.1, 0.15) is 44.0 Å². The fourth-order valence-corrected chi connectivity index (χ4v) is 4.99. The minimum absolute atomic E-state index is 0.0425. The van der Waals surface area contributed by atoms with Gasteiger partial charge in [0.25, 0.3) is 5.91 Å². The zero-order chi connectivity index (χ0) is 24.3. The first kappa shape index (κ1) is 26.0. The number of methoxy groups -OCH3 is 2. The zero-order valence-electron chi connectivity index (χ0n) is 20.0. The van der Waals surface area contributed by atoms with Gasteiger partial charge in [-0.15, -0.1) is 0 Å². The van der Waals surface area contributed by atoms with Crippen molar-refractivity contribution in [2.24, 2.45) is 0 Å². The Hall–Kier alpha value is -2.30. The lowest BCUT2D eigenvalue weighted by molar-refractivity contribution is 0.0202. The molecule has 1 saturated heterocycles. The SMILES string of the molecule is COc1cc(NC(=O)O)c(C(=O)N2CC[C@@H](O[Si](C)(C)C(C)(C)C)C[C@H]2CO)cc1OC. The number of aliphatic hydroxyl groups is 1. The number of carboxylic acid groups (broad SMARTS) is 1. The number of carbonyl (C=O) groups excluding carboxylic acids is 1. The summed E-state index contributed by atoms with van der Waals surface area (Å²) in [7, 11) is 0.882. The standard InChI is InChI=1S/C22H36N2O7Si/c1-22(2,3)32(6,7)31-15-8-9-24(14(10-15)13-25)20(26)16-11-18(29-4)19(30-5)12-17(16)23-21(27)28/h11-12,14-15,23,25H,8-10,13H2,1-7H3,(H,27,28)/t14-,15+/m0/s1. The van der Waals surface area contributed by atoms with E-state index in [0.717, 1.165) is 0 Å². The highest BCUT2D eigenvalue weighted by molar-refractivity contribution is 6.74. The van der Waals surface area contributed by atoms with Gasteiger partial charge >= 0.3 is 6.09 Å². The highest BCUT2D eigenvalue weighted by Gasteiger charge is 2.42. The third-order valence-electron chi connectivity index (χ3n) is 6.40. The number of amides is 2. The number of rotatable bonds is 7. The van der Waals surface area contributed by atoms with E-state index in [9.17, 15) is 19.8 Å². The second-order valence-electron chi connectivity index (χ2n) is 9.54. The van der Waals surface area contributed by atoms with Crippen molar-refractivity contribution in [3.8, 4) is 11.5 Å². The maximum atomic E-state index is 13.4. The number of benzene rings is 1. The molecule has 1 aliphatic heterocycles. The summed E-state index contributed by atoms with van der Waals surface area (Å²) in [5.74, 6) is 0.219. The lowest BCUT2D eigenvalue weighted by atomic mass is 9.98. The molecule has 180 valence electrons. The highest BCUT2D eigenvalue weighted by atomic mass is 28.4. The second-order valence-corrected chi connectivity index (χ2v) is 14.3. The molecule has 0 aromatic heterocycles. The predicted molar refractivity (Wildman–Crippen MR) is 124 cm³/mol. The van der Waals surface area contributed by atoms with Crippen LogP contribution in [0.25, 0.3) is 0 Å². The first-order valence-electron chi connectivity index (χ1n) is 10.7. The van der Waals surface area contributed by atoms with Gasteiger partial charge in [0.2, 0.25) is 0 Å². The molecule has 9 nitrogen and oxygen atoms in total. The van der Waals surface area contributed by atoms with Gasteiger partial charge in [0.15, 0.2) is 19.8 Å². The summed E-state index contributed by atoms with van der Waals surface area (Å²) in [6.07, 6.45) is -0.182. The van der Waals surface area contributed by atoms with Crippen LogP contribution < -0.4 is 14.8 Å². The lowest BCUT2D eigenvalue weighted by Crippen LogP contribution is -2.53. The Morgan fingerprint density at radius 1 is 1.19 bits per heavy atom. The van der Waals surface area contributed by atoms with Crippen LogP contribution in [0.3, 0.4) is 0 Å². The van der Waals surface area contributed by atoms with Crippen LogP contribution in [0.5, 0.6) is 11.5 Å². The molecular formula is C22H36N2O7Si. The predicted octanol–water partition coefficient (Wildman–Crippen LogP) is 3.78. The molecule has 0 saturated carbocycles. The molecule has 3 N–H and O–H groups in total. The molecule has 10 heteroatoms. The van der Waals surface area contributed by atoms with Crippen molar-refractivity contribution in [1.29, 1.82) is 0 Å². The molecule has 0 spiro atoms. The first-order valence-corrected chi connectivity index (χ1v) is 13.6. The van der Waals surface area contributed by atoms with Gasteiger partial charge in [-0.05, 0) is 37.0 Å². The second kappa shape index (κ2) is 10.1. The number of anilines is 1. The van der Waals surface area contributed by atoms with Gasteiger partial charge in [0.05, 0.1) is 38.1 Å². The van der Waals surface area contributed by atoms with E-state index in [1.165, 1.54) is 26.4 Å². The minimum Gasteiger partial charge on any atom is -0.493 e. The van der Waals surface area contributed by atoms with E-state index in [1.54, 1.807) is 4.90 Å². The molecule has 0 aliphatic carbocycles. The molecule has 1 aliphatic rings. The van der Waals surface area contributed by atoms with Crippen LogP contribution in [-0.4, -0.2) is 74.9 Å². The van der Waals surface area contributed by atoms with E-state index in [0.29, 0.717) is 30.9 Å². The zero-order valence-corrected chi connectivity index (χ0v) is 21.0. The third kappa shape index (κ3) is 5.73. The van der Waals surface area contributed by atoms with Crippen molar-refractivity contribution < 1.29 is 33.7 Å². The molecule has 2 atom stereocenters. The normalized spacial score (nSPS) is 19.4. The first-order chi connectivity index (χ1) is 14.8. The summed E-state index contributed by atoms with van der Waals surface area (Å²) in [5, 5.41) is 21.6. The fourth-order valence-electron chi connectivity index (χ4n) is 3.58. The van der Waals surface area contributed by atoms with E-state index in [4.69, 9.17) is 13.9 Å². The van der Waals surface area contributed by atoms with Gasteiger partial charge in [0, 0.05) is 18.7 Å². The maximum Gasteiger partial charge on any atom is 0.409 e. The van der Waals surface area contributed by atoms with Crippen LogP contribution in [0, 0.1) is 0 Å². The summed E-state index contributed by atoms with van der Waals surface area (Å²) in [4.78, 5) is 26.3. The monoisotopic (exact) mass is 468 g/mol. The Morgan fingerprint density at radius 2 is 1.78 bits per heavy atom. The topological polar surface area (TPSA) is 118 Å². The molecule has 1 fully saturated rings. The van der Waals surface area contributed by atoms with Crippen LogP contribution in [0.15, 0.2) is 12.1 Å². The van der Waals surface area contributed by atoms with Crippen LogP contribution in [0.2, 0.25) is 18.1 Å². The Morgan fingerprint density at radius 3 is 2.28 bits per heavy atom. The van der Waals surface area contributed by atoms with Gasteiger partial charge in [-0.25, -0.2) is 4.79 Å². The summed E-state index contributed by atoms with van der Waals surface area (Å²) >= 11 is 0. The quantitative estimate of drug-likeness (QED) is 0.521. The molecule has 2 amide bonds. The molecule has 32 heavy (non-hydrogen) atoms. The van der Waals surface area contributed by atoms with Crippen molar-refractivity contribution in [1.82, 2.24) is 4.90 Å². The average molecular weight is 469 g/mol. The van der Waals surface area contributed by atoms with Crippen LogP contribution >= 0.6 is 0 Å². The van der Waals surface area contributed by atoms with E-state index in [-0.39, 0.29) is 34.9 Å². The number of nitrogens with one attached hydrogen (secondary N) is 1. The van der Waals surface area contributed by atoms with Crippen LogP contribution in [-0.2, 0) is 4.43 Å². The molecule has 1 heterocycles. The van der Waals surface area contributed by atoms with Gasteiger partial charge in [0.1, 0.15) is 0 Å². The molecule has 2 rings (SSSR count). The van der Waals surface area contributed by atoms with Gasteiger partial charge < -0.3 is 29.0 Å². The lowest BCUT2D eigenvalue weighted by Gasteiger charge is -2.44. The van der Waals surface area contributed by atoms with Gasteiger partial charge in [-0.2, -0.15) is 0 Å². The number of carbonyl (C=O) groups is 2. The fraction of sp³-hybridized carbons (Fsp3) is 0.636. The summed E-state index contributed by atoms with van der Waals surface area (Å²) < 4.78 is 17.0. The Balaban J connectivity index is 2.30. The largest absolute Gasteiger partial charge is 0.493 e. The van der Waals surface area contributed by atoms with Crippen molar-refractivity contribution in [2.45, 2.75) is 63.9 Å². The van der Waals surface area contributed by atoms with E-state index in [1.807, 2.05) is 0 Å². The highest BCUT2D eigenvalue weighted by Crippen LogP contribution is 2.39. The molecule has 0 unspecified atom stereocenters. The molecule has 0 bridgehead atoms. The number of ether oxygens (including phenoxy) is 2. The maximum absolute atomic E-state index is 13.4. The van der Waals surface area contributed by atoms with E-state index >= 15 is 0 Å². The van der Waals surface area contributed by atoms with Crippen molar-refractivity contribution >= 4 is 26.0 Å². The number of likely N-dealkylation sites (tertiary alicyclic amines) is 1. The smallest absolute Gasteiger partial charge is 0.409 e. The Kier molecular flexibility index (Phi) is 8.19. The van der Waals surface area contributed by atoms with E-state index in [2.05, 4.69) is 39.2 Å². The van der Waals surface area contributed by atoms with Gasteiger partial charge in [-0.3, -0.25) is 10.1 Å². The van der Waals surface area contributed by atoms with Crippen molar-refractivity contribution in [3.63, 3.8) is 0 Å². The Labute approximate surface area is 190 Å². The van der Waals surface area contributed by atoms with Crippen LogP contribution in [0.4, 0.5) is 10.5 Å². The molecular weight excluding hydrogens is 432 g/mol. The number of nitrogens with zero attached hydrogens (tertiary/aromatic N) is 1. The third-order valence-corrected chi connectivity index (χ3v) is 10.9. The molecule has 1 aromatic carbocycles. The van der Waals surface area contributed by atoms with Crippen molar-refractivity contribution in [3.05, 3.63) is 17.7 Å². The Bertz CT molecular complexity index is 838. The van der Waals surface area contributed by atoms with E-state index < -0.39 is 20.5 Å². The molecule has 0 radical (unpaired) electrons.